The molecule has 1 aliphatic carbocycles. The van der Waals surface area contributed by atoms with Gasteiger partial charge in [-0.1, -0.05) is 19.3 Å². The van der Waals surface area contributed by atoms with Crippen LogP contribution in [0.3, 0.4) is 0 Å². The second-order valence-corrected chi connectivity index (χ2v) is 10.6. The molecule has 1 saturated heterocycles. The molecule has 2 heterocycles. The zero-order chi connectivity index (χ0) is 29.2. The van der Waals surface area contributed by atoms with Crippen LogP contribution in [0.4, 0.5) is 8.78 Å². The molecule has 1 atom stereocenters. The van der Waals surface area contributed by atoms with Crippen molar-refractivity contribution in [3.05, 3.63) is 35.5 Å². The van der Waals surface area contributed by atoms with Gasteiger partial charge in [-0.2, -0.15) is 0 Å². The van der Waals surface area contributed by atoms with Crippen LogP contribution in [0.1, 0.15) is 42.6 Å². The van der Waals surface area contributed by atoms with Crippen LogP contribution in [0, 0.1) is 17.6 Å². The number of fused-ring (bicyclic) bond motifs is 1. The lowest BCUT2D eigenvalue weighted by molar-refractivity contribution is -0.135. The van der Waals surface area contributed by atoms with Crippen molar-refractivity contribution in [1.82, 2.24) is 14.4 Å². The summed E-state index contributed by atoms with van der Waals surface area (Å²) >= 11 is 0. The zero-order valence-corrected chi connectivity index (χ0v) is 23.6. The Morgan fingerprint density at radius 1 is 0.854 bits per heavy atom. The normalized spacial score (nSPS) is 17.4. The summed E-state index contributed by atoms with van der Waals surface area (Å²) < 4.78 is 46.0. The van der Waals surface area contributed by atoms with Crippen LogP contribution in [0.15, 0.2) is 18.2 Å². The Kier molecular flexibility index (Phi) is 11.9. The Labute approximate surface area is 239 Å². The van der Waals surface area contributed by atoms with Crippen LogP contribution in [-0.4, -0.2) is 110 Å². The van der Waals surface area contributed by atoms with E-state index in [4.69, 9.17) is 25.1 Å². The summed E-state index contributed by atoms with van der Waals surface area (Å²) in [7, 11) is 0. The average Bonchev–Trinajstić information content (AvgIpc) is 3.34. The first-order valence-electron chi connectivity index (χ1n) is 14.6. The van der Waals surface area contributed by atoms with Gasteiger partial charge in [-0.3, -0.25) is 9.59 Å². The van der Waals surface area contributed by atoms with Crippen molar-refractivity contribution in [2.24, 2.45) is 11.7 Å². The number of aromatic nitrogens is 1. The summed E-state index contributed by atoms with van der Waals surface area (Å²) in [5.41, 5.74) is 7.05. The van der Waals surface area contributed by atoms with Crippen molar-refractivity contribution in [3.63, 3.8) is 0 Å². The van der Waals surface area contributed by atoms with Crippen LogP contribution < -0.4 is 5.73 Å². The van der Waals surface area contributed by atoms with Gasteiger partial charge in [0.2, 0.25) is 5.91 Å². The molecule has 41 heavy (non-hydrogen) atoms. The Morgan fingerprint density at radius 3 is 2.10 bits per heavy atom. The minimum absolute atomic E-state index is 0.0385. The van der Waals surface area contributed by atoms with Crippen LogP contribution in [-0.2, 0) is 25.5 Å². The summed E-state index contributed by atoms with van der Waals surface area (Å²) in [5, 5.41) is 9.11. The second kappa shape index (κ2) is 15.5. The van der Waals surface area contributed by atoms with Crippen LogP contribution >= 0.6 is 0 Å². The molecular weight excluding hydrogens is 538 g/mol. The lowest BCUT2D eigenvalue weighted by atomic mass is 9.83. The molecule has 1 saturated carbocycles. The molecule has 1 aromatic carbocycles. The molecule has 10 nitrogen and oxygen atoms in total. The molecule has 228 valence electrons. The van der Waals surface area contributed by atoms with E-state index in [0.29, 0.717) is 69.2 Å². The fourth-order valence-corrected chi connectivity index (χ4v) is 5.63. The molecule has 0 bridgehead atoms. The smallest absolute Gasteiger partial charge is 0.270 e. The van der Waals surface area contributed by atoms with E-state index in [1.807, 2.05) is 0 Å². The number of hydrogen-bond donors (Lipinski definition) is 2. The molecule has 2 aliphatic rings. The van der Waals surface area contributed by atoms with Gasteiger partial charge in [-0.15, -0.1) is 0 Å². The van der Waals surface area contributed by atoms with E-state index in [-0.39, 0.29) is 44.1 Å². The minimum Gasteiger partial charge on any atom is -0.394 e. The third-order valence-corrected chi connectivity index (χ3v) is 7.92. The van der Waals surface area contributed by atoms with Gasteiger partial charge in [-0.05, 0) is 30.9 Å². The fourth-order valence-electron chi connectivity index (χ4n) is 5.63. The number of hydrogen-bond acceptors (Lipinski definition) is 7. The van der Waals surface area contributed by atoms with Gasteiger partial charge >= 0.3 is 0 Å². The van der Waals surface area contributed by atoms with E-state index in [0.717, 1.165) is 37.8 Å². The lowest BCUT2D eigenvalue weighted by Crippen LogP contribution is -2.56. The van der Waals surface area contributed by atoms with Crippen LogP contribution in [0.2, 0.25) is 0 Å². The first-order valence-corrected chi connectivity index (χ1v) is 14.6. The molecule has 1 aromatic heterocycles. The molecule has 0 spiro atoms. The molecule has 2 aromatic rings. The number of benzene rings is 1. The standard InChI is InChI=1S/C29H42F2N4O6/c30-23-18-22-19-26(35(25(22)20-24(23)31)10-12-39-14-16-41-17-15-40-13-11-36)28(37)33-6-8-34(9-7-33)29(38)27(32)21-4-2-1-3-5-21/h18-21,27,36H,1-17,32H2. The number of nitrogens with two attached hydrogens (primary N) is 1. The Hall–Kier alpha value is -2.64. The predicted octanol–water partition coefficient (Wildman–Crippen LogP) is 2.15. The molecule has 12 heteroatoms. The third-order valence-electron chi connectivity index (χ3n) is 7.92. The van der Waals surface area contributed by atoms with E-state index >= 15 is 0 Å². The minimum atomic E-state index is -0.991. The van der Waals surface area contributed by atoms with Crippen molar-refractivity contribution >= 4 is 22.7 Å². The van der Waals surface area contributed by atoms with Crippen LogP contribution in [0.5, 0.6) is 0 Å². The van der Waals surface area contributed by atoms with Crippen molar-refractivity contribution in [1.29, 1.82) is 0 Å². The monoisotopic (exact) mass is 580 g/mol. The second-order valence-electron chi connectivity index (χ2n) is 10.6. The predicted molar refractivity (Wildman–Crippen MR) is 148 cm³/mol. The summed E-state index contributed by atoms with van der Waals surface area (Å²) in [5.74, 6) is -2.08. The van der Waals surface area contributed by atoms with Gasteiger partial charge in [0.25, 0.3) is 5.91 Å². The van der Waals surface area contributed by atoms with E-state index in [9.17, 15) is 18.4 Å². The maximum atomic E-state index is 14.1. The number of ether oxygens (including phenoxy) is 3. The largest absolute Gasteiger partial charge is 0.394 e. The highest BCUT2D eigenvalue weighted by molar-refractivity contribution is 5.99. The van der Waals surface area contributed by atoms with Crippen molar-refractivity contribution in [2.75, 3.05) is 72.4 Å². The highest BCUT2D eigenvalue weighted by atomic mass is 19.2. The quantitative estimate of drug-likeness (QED) is 0.329. The molecule has 0 radical (unpaired) electrons. The number of rotatable bonds is 14. The summed E-state index contributed by atoms with van der Waals surface area (Å²) in [4.78, 5) is 30.1. The van der Waals surface area contributed by atoms with Crippen LogP contribution in [0.25, 0.3) is 10.9 Å². The highest BCUT2D eigenvalue weighted by Gasteiger charge is 2.33. The summed E-state index contributed by atoms with van der Waals surface area (Å²) in [6.07, 6.45) is 5.37. The third kappa shape index (κ3) is 8.23. The topological polar surface area (TPSA) is 119 Å². The molecule has 2 amide bonds. The molecule has 1 unspecified atom stereocenters. The summed E-state index contributed by atoms with van der Waals surface area (Å²) in [6, 6.07) is 3.26. The lowest BCUT2D eigenvalue weighted by Gasteiger charge is -2.37. The highest BCUT2D eigenvalue weighted by Crippen LogP contribution is 2.27. The Balaban J connectivity index is 1.34. The van der Waals surface area contributed by atoms with Gasteiger partial charge in [0.1, 0.15) is 5.69 Å². The van der Waals surface area contributed by atoms with Gasteiger partial charge in [0.05, 0.1) is 57.8 Å². The fraction of sp³-hybridized carbons (Fsp3) is 0.655. The first kappa shape index (κ1) is 31.3. The SMILES string of the molecule is NC(C(=O)N1CCN(C(=O)c2cc3cc(F)c(F)cc3n2CCOCCOCCOCCO)CC1)C1CCCCC1. The van der Waals surface area contributed by atoms with Gasteiger partial charge in [0, 0.05) is 44.2 Å². The van der Waals surface area contributed by atoms with Gasteiger partial charge < -0.3 is 39.4 Å². The number of halogens is 2. The zero-order valence-electron chi connectivity index (χ0n) is 23.6. The van der Waals surface area contributed by atoms with E-state index in [2.05, 4.69) is 0 Å². The molecule has 4 rings (SSSR count). The maximum Gasteiger partial charge on any atom is 0.270 e. The van der Waals surface area contributed by atoms with E-state index in [1.54, 1.807) is 20.4 Å². The first-order chi connectivity index (χ1) is 19.9. The molecule has 1 aliphatic heterocycles. The van der Waals surface area contributed by atoms with Gasteiger partial charge in [0.15, 0.2) is 11.6 Å². The maximum absolute atomic E-state index is 14.1. The number of aliphatic hydroxyl groups excluding tert-OH is 1. The Morgan fingerprint density at radius 2 is 1.44 bits per heavy atom. The molecule has 3 N–H and O–H groups in total. The van der Waals surface area contributed by atoms with Gasteiger partial charge in [-0.25, -0.2) is 8.78 Å². The number of piperazine rings is 1. The number of carbonyl (C=O) groups excluding carboxylic acids is 2. The number of nitrogens with zero attached hydrogens (tertiary/aromatic N) is 3. The average molecular weight is 581 g/mol. The van der Waals surface area contributed by atoms with E-state index < -0.39 is 17.7 Å². The van der Waals surface area contributed by atoms with E-state index in [1.165, 1.54) is 6.42 Å². The molecule has 2 fully saturated rings. The Bertz CT molecular complexity index is 1150. The number of amides is 2. The van der Waals surface area contributed by atoms with Crippen molar-refractivity contribution in [2.45, 2.75) is 44.7 Å². The number of carbonyl (C=O) groups is 2. The number of aliphatic hydroxyl groups is 1. The van der Waals surface area contributed by atoms with Crippen molar-refractivity contribution in [3.8, 4) is 0 Å². The summed E-state index contributed by atoms with van der Waals surface area (Å²) in [6.45, 7) is 3.59. The molecular formula is C29H42F2N4O6. The van der Waals surface area contributed by atoms with Crippen molar-refractivity contribution < 1.29 is 37.7 Å².